The molecule has 7 aliphatic rings. The molecule has 0 radical (unpaired) electrons. The number of rotatable bonds is 35. The molecule has 2 aliphatic heterocycles. The van der Waals surface area contributed by atoms with Gasteiger partial charge in [-0.2, -0.15) is 24.3 Å². The van der Waals surface area contributed by atoms with E-state index in [-0.39, 0.29) is 69.4 Å². The van der Waals surface area contributed by atoms with Gasteiger partial charge in [0, 0.05) is 110 Å². The monoisotopic (exact) mass is 2120 g/mol. The number of benzene rings is 3. The smallest absolute Gasteiger partial charge is 0.264 e. The van der Waals surface area contributed by atoms with Gasteiger partial charge in [-0.05, 0) is 133 Å². The van der Waals surface area contributed by atoms with E-state index >= 15 is 0 Å². The largest absolute Gasteiger partial charge is 0.383 e. The number of amidine groups is 2. The van der Waals surface area contributed by atoms with Crippen LogP contribution in [0.25, 0.3) is 32.8 Å². The van der Waals surface area contributed by atoms with Gasteiger partial charge in [-0.25, -0.2) is 53.7 Å². The fraction of sp³-hybridized carbons (Fsp3) is 0.455. The third kappa shape index (κ3) is 28.1. The summed E-state index contributed by atoms with van der Waals surface area (Å²) in [7, 11) is 4.52. The number of carbonyl (C=O) groups excluding carboxylic acids is 5. The van der Waals surface area contributed by atoms with Crippen molar-refractivity contribution in [3.8, 4) is 0 Å². The Labute approximate surface area is 872 Å². The summed E-state index contributed by atoms with van der Waals surface area (Å²) in [6.07, 6.45) is 44.2. The van der Waals surface area contributed by atoms with Gasteiger partial charge in [0.15, 0.2) is 26.2 Å². The standard InChI is InChI=1S/C22H27N5O3S.C21H27N5O3S2.C21H26N4O3S2.C18H22N6O2S.C17H21N7O2S/c1-29-30-31-16-10-11-18-17(14-16)21(23)27(26-18)19(13-15-7-3-2-4-8-15)22(28)25-20-9-5-6-12-24-20;1-23-28-29-31-16-8-7-15-13-26(19(22)17(15)12-16)18(11-14-5-3-2-4-6-14)20(27)25-21-24-9-10-30-21;1-27-28-30-16-8-7-15-13-25(19(22)17(15)12-16)18(11-14-5-3-2-4-6-14)20(26)24-21-23-9-10-29-21;19-15-14-12(6-7-20-17(14)26)23-24(15)13(10-11-4-2-1-3-5-11)16(25)22-18-21-8-9-27-18;18-13-12-14(20-9-21-16(12)26)23-24(13)11(8-10-4-2-1-3-5-10)15(25)22-17-19-6-7-27-17/h5-6,9-12,14-15,19H,2-4,7-8,13,23H2,1H3,(H,24,25,28);7-10,12,14,18,22-23H,2-6,11,13H2,1H3,(H,24,25,27);7-10,12,14,18,22H,2-6,11,13H2,1H3,(H,23,24,26);6-9,11,13H,1-5,10,19H2,(H,20,26)(H,21,22,25);6-7,9-11H,1-5,8,18H2,(H,19,22,25)(H,20,21,23,26). The van der Waals surface area contributed by atoms with Crippen LogP contribution >= 0.6 is 81.5 Å². The Morgan fingerprint density at radius 1 is 0.425 bits per heavy atom. The van der Waals surface area contributed by atoms with E-state index in [9.17, 15) is 33.6 Å². The van der Waals surface area contributed by atoms with Crippen molar-refractivity contribution in [3.63, 3.8) is 0 Å². The first kappa shape index (κ1) is 107. The van der Waals surface area contributed by atoms with Crippen molar-refractivity contribution in [2.24, 2.45) is 29.6 Å². The molecule has 16 N–H and O–H groups in total. The average Bonchev–Trinajstić information content (AvgIpc) is 1.64. The molecule has 5 aliphatic carbocycles. The Morgan fingerprint density at radius 2 is 0.808 bits per heavy atom. The molecule has 12 heterocycles. The van der Waals surface area contributed by atoms with Crippen LogP contribution in [0.5, 0.6) is 0 Å². The SMILES string of the molecule is CNOOSc1ccc2c(c1)C(=N)N(C(CC1CCCCC1)C(=O)Nc1nccs1)C2.COOSc1ccc2c(c1)C(=N)N(C(CC1CCCCC1)C(=O)Nc1nccs1)C2.COOSc1ccc2nn(C(CC3CCCCC3)C(=O)Nc3ccccn3)c(N)c2c1.Nc1c2c(=O)[nH]ccc2nn1C(CC1CCCCC1)C(=O)Nc1nccs1.Nc1c2c(=O)[nH]cnc2nn1C(CC1CCCCC1)C(=O)Nc1nccs1. The van der Waals surface area contributed by atoms with Crippen LogP contribution in [0.1, 0.15) is 233 Å². The minimum absolute atomic E-state index is 0.0783. The number of carbonyl (C=O) groups is 5. The van der Waals surface area contributed by atoms with E-state index in [0.717, 1.165) is 161 Å². The second-order valence-electron chi connectivity index (χ2n) is 37.1. The molecule has 146 heavy (non-hydrogen) atoms. The summed E-state index contributed by atoms with van der Waals surface area (Å²) in [6, 6.07) is 22.0. The van der Waals surface area contributed by atoms with Crippen molar-refractivity contribution < 1.29 is 51.7 Å². The number of hydrogen-bond donors (Lipinski definition) is 13. The third-order valence-corrected chi connectivity index (χ3v) is 32.2. The summed E-state index contributed by atoms with van der Waals surface area (Å²) in [6.45, 7) is 1.11. The number of H-pyrrole nitrogens is 2. The van der Waals surface area contributed by atoms with Crippen LogP contribution in [0.4, 0.5) is 43.8 Å². The molecule has 5 saturated carbocycles. The van der Waals surface area contributed by atoms with E-state index in [0.29, 0.717) is 117 Å². The zero-order valence-corrected chi connectivity index (χ0v) is 87.1. The lowest BCUT2D eigenvalue weighted by atomic mass is 9.84. The molecule has 10 aromatic heterocycles. The Bertz CT molecular complexity index is 6440. The number of nitrogen functional groups attached to an aromatic ring is 3. The zero-order chi connectivity index (χ0) is 102. The quantitative estimate of drug-likeness (QED) is 0.00759. The number of anilines is 8. The lowest BCUT2D eigenvalue weighted by molar-refractivity contribution is -0.237. The second kappa shape index (κ2) is 53.1. The number of pyridine rings is 2. The number of fused-ring (bicyclic) bond motifs is 5. The van der Waals surface area contributed by atoms with E-state index in [1.165, 1.54) is 178 Å². The highest BCUT2D eigenvalue weighted by atomic mass is 32.2. The molecule has 13 aromatic rings. The first-order valence-corrected chi connectivity index (χ1v) is 55.2. The van der Waals surface area contributed by atoms with Crippen LogP contribution in [0.3, 0.4) is 0 Å². The van der Waals surface area contributed by atoms with E-state index in [1.807, 2.05) is 92.7 Å². The number of nitrogens with zero attached hydrogens (tertiary/aromatic N) is 14. The number of nitrogens with two attached hydrogens (primary N) is 3. The highest BCUT2D eigenvalue weighted by molar-refractivity contribution is 7.95. The molecular formula is C99H123N27O13S7. The Morgan fingerprint density at radius 3 is 1.21 bits per heavy atom. The van der Waals surface area contributed by atoms with Gasteiger partial charge in [-0.15, -0.1) is 59.8 Å². The lowest BCUT2D eigenvalue weighted by Crippen LogP contribution is -2.45. The summed E-state index contributed by atoms with van der Waals surface area (Å²) in [5, 5.41) is 56.6. The lowest BCUT2D eigenvalue weighted by Gasteiger charge is -2.32. The molecule has 774 valence electrons. The number of hydroxylamine groups is 1. The normalized spacial score (nSPS) is 16.8. The number of aromatic nitrogens is 14. The Hall–Kier alpha value is -12.0. The van der Waals surface area contributed by atoms with Crippen LogP contribution in [0.2, 0.25) is 0 Å². The molecule has 0 bridgehead atoms. The van der Waals surface area contributed by atoms with Gasteiger partial charge in [-0.3, -0.25) is 44.4 Å². The molecule has 40 nitrogen and oxygen atoms in total. The van der Waals surface area contributed by atoms with Crippen LogP contribution < -0.4 is 60.4 Å². The third-order valence-electron chi connectivity index (χ3n) is 27.6. The van der Waals surface area contributed by atoms with E-state index in [1.54, 1.807) is 60.2 Å². The zero-order valence-electron chi connectivity index (χ0n) is 81.4. The van der Waals surface area contributed by atoms with Crippen molar-refractivity contribution in [1.29, 1.82) is 10.8 Å². The minimum Gasteiger partial charge on any atom is -0.383 e. The minimum atomic E-state index is -0.620. The maximum absolute atomic E-state index is 13.3. The second-order valence-corrected chi connectivity index (χ2v) is 43.0. The van der Waals surface area contributed by atoms with Gasteiger partial charge in [0.05, 0.1) is 62.2 Å². The predicted molar refractivity (Wildman–Crippen MR) is 571 cm³/mol. The molecule has 3 aromatic carbocycles. The van der Waals surface area contributed by atoms with Crippen molar-refractivity contribution in [2.45, 2.75) is 251 Å². The highest BCUT2D eigenvalue weighted by Crippen LogP contribution is 2.43. The van der Waals surface area contributed by atoms with Crippen LogP contribution in [0.15, 0.2) is 168 Å². The highest BCUT2D eigenvalue weighted by Gasteiger charge is 2.41. The average molecular weight is 2120 g/mol. The first-order chi connectivity index (χ1) is 71.2. The molecule has 5 fully saturated rings. The molecular weight excluding hydrogens is 2000 g/mol. The maximum atomic E-state index is 13.3. The summed E-state index contributed by atoms with van der Waals surface area (Å²) in [5.74, 6) is 3.75. The van der Waals surface area contributed by atoms with Crippen molar-refractivity contribution in [2.75, 3.05) is 65.1 Å². The number of amides is 5. The summed E-state index contributed by atoms with van der Waals surface area (Å²) >= 11 is 8.81. The van der Waals surface area contributed by atoms with Gasteiger partial charge in [0.1, 0.15) is 81.4 Å². The van der Waals surface area contributed by atoms with Gasteiger partial charge >= 0.3 is 0 Å². The fourth-order valence-electron chi connectivity index (χ4n) is 20.4. The summed E-state index contributed by atoms with van der Waals surface area (Å²) < 4.78 is 19.5. The number of nitrogens with one attached hydrogen (secondary N) is 10. The van der Waals surface area contributed by atoms with Gasteiger partial charge in [0.25, 0.3) is 22.9 Å². The van der Waals surface area contributed by atoms with Gasteiger partial charge in [-0.1, -0.05) is 179 Å². The molecule has 0 saturated heterocycles. The van der Waals surface area contributed by atoms with Gasteiger partial charge in [0.2, 0.25) is 17.7 Å². The van der Waals surface area contributed by atoms with Crippen LogP contribution in [-0.2, 0) is 64.8 Å². The molecule has 47 heteroatoms. The molecule has 5 atom stereocenters. The molecule has 20 rings (SSSR count). The Balaban J connectivity index is 0.000000131. The van der Waals surface area contributed by atoms with Crippen LogP contribution in [-0.4, -0.2) is 154 Å². The summed E-state index contributed by atoms with van der Waals surface area (Å²) in [4.78, 5) is 141. The number of thiazole rings is 4. The summed E-state index contributed by atoms with van der Waals surface area (Å²) in [5.41, 5.74) is 26.0. The predicted octanol–water partition coefficient (Wildman–Crippen LogP) is 19.2. The number of aromatic amines is 2. The first-order valence-electron chi connectivity index (χ1n) is 49.5. The van der Waals surface area contributed by atoms with E-state index < -0.39 is 24.2 Å². The van der Waals surface area contributed by atoms with Crippen molar-refractivity contribution in [1.82, 2.24) is 84.5 Å². The van der Waals surface area contributed by atoms with Crippen molar-refractivity contribution in [3.05, 3.63) is 187 Å². The number of hydrogen-bond acceptors (Lipinski definition) is 35. The van der Waals surface area contributed by atoms with Crippen LogP contribution in [0, 0.1) is 40.4 Å². The molecule has 5 amide bonds. The Kier molecular flexibility index (Phi) is 38.8. The molecule has 5 unspecified atom stereocenters. The van der Waals surface area contributed by atoms with E-state index in [4.69, 9.17) is 51.1 Å². The van der Waals surface area contributed by atoms with E-state index in [2.05, 4.69) is 91.9 Å². The van der Waals surface area contributed by atoms with Gasteiger partial charge < -0.3 is 63.6 Å². The fourth-order valence-corrected chi connectivity index (χ4v) is 23.9. The maximum Gasteiger partial charge on any atom is 0.264 e. The van der Waals surface area contributed by atoms with Crippen molar-refractivity contribution >= 4 is 199 Å². The molecule has 0 spiro atoms. The topological polar surface area (TPSA) is 542 Å².